The van der Waals surface area contributed by atoms with Crippen LogP contribution in [0.25, 0.3) is 0 Å². The number of hydrogen-bond acceptors (Lipinski definition) is 5. The minimum absolute atomic E-state index is 0.0286. The SMILES string of the molecule is CC[C@H](C)[C@H](NC(C)=O)C(=O)N[C@@H](CCC(C)C)C[C@H](O)[C@H](Cc1ccccc1)NC(=O)C1CCOCC1. The third-order valence-corrected chi connectivity index (χ3v) is 7.50. The first-order valence-corrected chi connectivity index (χ1v) is 14.3. The summed E-state index contributed by atoms with van der Waals surface area (Å²) in [6.07, 6.45) is 3.60. The standard InChI is InChI=1S/C30H49N3O5/c1-6-21(4)28(31-22(5)34)30(37)32-25(13-12-20(2)3)19-27(35)26(18-23-10-8-7-9-11-23)33-29(36)24-14-16-38-17-15-24/h7-11,20-21,24-28,35H,6,12-19H2,1-5H3,(H,31,34)(H,32,37)(H,33,36)/t21-,25-,26-,27-,28-/m0/s1. The molecular formula is C30H49N3O5. The fourth-order valence-electron chi connectivity index (χ4n) is 4.86. The van der Waals surface area contributed by atoms with Crippen LogP contribution in [-0.2, 0) is 25.5 Å². The van der Waals surface area contributed by atoms with Crippen LogP contribution in [0, 0.1) is 17.8 Å². The van der Waals surface area contributed by atoms with Gasteiger partial charge in [0.15, 0.2) is 0 Å². The van der Waals surface area contributed by atoms with Gasteiger partial charge in [0, 0.05) is 32.1 Å². The lowest BCUT2D eigenvalue weighted by atomic mass is 9.91. The van der Waals surface area contributed by atoms with Gasteiger partial charge in [-0.2, -0.15) is 0 Å². The van der Waals surface area contributed by atoms with Crippen molar-refractivity contribution in [2.24, 2.45) is 17.8 Å². The maximum atomic E-state index is 13.3. The van der Waals surface area contributed by atoms with E-state index in [-0.39, 0.29) is 35.6 Å². The number of nitrogens with one attached hydrogen (secondary N) is 3. The number of aliphatic hydroxyl groups excluding tert-OH is 1. The maximum Gasteiger partial charge on any atom is 0.243 e. The Bertz CT molecular complexity index is 857. The first-order chi connectivity index (χ1) is 18.1. The Hall–Kier alpha value is -2.45. The molecular weight excluding hydrogens is 482 g/mol. The maximum absolute atomic E-state index is 13.3. The zero-order chi connectivity index (χ0) is 28.1. The van der Waals surface area contributed by atoms with Gasteiger partial charge in [0.25, 0.3) is 0 Å². The van der Waals surface area contributed by atoms with Gasteiger partial charge in [-0.15, -0.1) is 0 Å². The summed E-state index contributed by atoms with van der Waals surface area (Å²) < 4.78 is 5.41. The van der Waals surface area contributed by atoms with Gasteiger partial charge in [0.05, 0.1) is 12.1 Å². The van der Waals surface area contributed by atoms with Crippen LogP contribution in [0.4, 0.5) is 0 Å². The summed E-state index contributed by atoms with van der Waals surface area (Å²) in [6.45, 7) is 10.7. The van der Waals surface area contributed by atoms with E-state index >= 15 is 0 Å². The predicted octanol–water partition coefficient (Wildman–Crippen LogP) is 3.36. The van der Waals surface area contributed by atoms with E-state index in [1.54, 1.807) is 0 Å². The van der Waals surface area contributed by atoms with E-state index in [4.69, 9.17) is 4.74 Å². The average molecular weight is 532 g/mol. The highest BCUT2D eigenvalue weighted by Crippen LogP contribution is 2.19. The molecule has 0 unspecified atom stereocenters. The van der Waals surface area contributed by atoms with Crippen LogP contribution in [0.2, 0.25) is 0 Å². The Morgan fingerprint density at radius 1 is 1.00 bits per heavy atom. The smallest absolute Gasteiger partial charge is 0.243 e. The lowest BCUT2D eigenvalue weighted by molar-refractivity contribution is -0.130. The molecule has 1 aromatic carbocycles. The molecule has 4 N–H and O–H groups in total. The zero-order valence-corrected chi connectivity index (χ0v) is 23.9. The molecule has 3 amide bonds. The molecule has 1 aliphatic heterocycles. The molecule has 214 valence electrons. The molecule has 1 heterocycles. The van der Waals surface area contributed by atoms with Crippen LogP contribution in [0.1, 0.15) is 78.7 Å². The normalized spacial score (nSPS) is 18.2. The van der Waals surface area contributed by atoms with E-state index in [9.17, 15) is 19.5 Å². The van der Waals surface area contributed by atoms with Crippen molar-refractivity contribution < 1.29 is 24.2 Å². The van der Waals surface area contributed by atoms with Crippen molar-refractivity contribution in [3.8, 4) is 0 Å². The molecule has 0 saturated carbocycles. The summed E-state index contributed by atoms with van der Waals surface area (Å²) in [6, 6.07) is 8.39. The minimum Gasteiger partial charge on any atom is -0.391 e. The lowest BCUT2D eigenvalue weighted by Gasteiger charge is -2.32. The third-order valence-electron chi connectivity index (χ3n) is 7.50. The molecule has 1 saturated heterocycles. The Morgan fingerprint density at radius 3 is 2.24 bits per heavy atom. The molecule has 5 atom stereocenters. The second-order valence-electron chi connectivity index (χ2n) is 11.2. The van der Waals surface area contributed by atoms with Gasteiger partial charge < -0.3 is 25.8 Å². The van der Waals surface area contributed by atoms with Gasteiger partial charge in [-0.25, -0.2) is 0 Å². The molecule has 2 rings (SSSR count). The summed E-state index contributed by atoms with van der Waals surface area (Å²) in [5.41, 5.74) is 1.02. The van der Waals surface area contributed by atoms with Crippen LogP contribution in [0.15, 0.2) is 30.3 Å². The van der Waals surface area contributed by atoms with Crippen molar-refractivity contribution in [1.29, 1.82) is 0 Å². The molecule has 1 aromatic rings. The fourth-order valence-corrected chi connectivity index (χ4v) is 4.86. The number of amides is 3. The number of hydrogen-bond donors (Lipinski definition) is 4. The van der Waals surface area contributed by atoms with Crippen LogP contribution in [0.5, 0.6) is 0 Å². The number of carbonyl (C=O) groups excluding carboxylic acids is 3. The number of benzene rings is 1. The fraction of sp³-hybridized carbons (Fsp3) is 0.700. The quantitative estimate of drug-likeness (QED) is 0.277. The molecule has 38 heavy (non-hydrogen) atoms. The van der Waals surface area contributed by atoms with Crippen LogP contribution >= 0.6 is 0 Å². The Morgan fingerprint density at radius 2 is 1.66 bits per heavy atom. The van der Waals surface area contributed by atoms with Crippen LogP contribution in [0.3, 0.4) is 0 Å². The van der Waals surface area contributed by atoms with Crippen LogP contribution < -0.4 is 16.0 Å². The number of carbonyl (C=O) groups is 3. The zero-order valence-electron chi connectivity index (χ0n) is 23.9. The third kappa shape index (κ3) is 11.1. The lowest BCUT2D eigenvalue weighted by Crippen LogP contribution is -2.54. The van der Waals surface area contributed by atoms with Crippen molar-refractivity contribution in [3.05, 3.63) is 35.9 Å². The molecule has 0 aromatic heterocycles. The van der Waals surface area contributed by atoms with E-state index in [0.29, 0.717) is 51.2 Å². The summed E-state index contributed by atoms with van der Waals surface area (Å²) in [5.74, 6) is -0.262. The molecule has 1 aliphatic rings. The van der Waals surface area contributed by atoms with Gasteiger partial charge in [-0.05, 0) is 55.9 Å². The van der Waals surface area contributed by atoms with E-state index in [2.05, 4.69) is 29.8 Å². The highest BCUT2D eigenvalue weighted by atomic mass is 16.5. The summed E-state index contributed by atoms with van der Waals surface area (Å²) in [7, 11) is 0. The Balaban J connectivity index is 2.19. The van der Waals surface area contributed by atoms with Crippen molar-refractivity contribution in [3.63, 3.8) is 0 Å². The van der Waals surface area contributed by atoms with E-state index < -0.39 is 18.2 Å². The topological polar surface area (TPSA) is 117 Å². The van der Waals surface area contributed by atoms with Gasteiger partial charge in [-0.1, -0.05) is 64.4 Å². The highest BCUT2D eigenvalue weighted by molar-refractivity contribution is 5.87. The largest absolute Gasteiger partial charge is 0.391 e. The number of ether oxygens (including phenoxy) is 1. The summed E-state index contributed by atoms with van der Waals surface area (Å²) >= 11 is 0. The molecule has 0 aliphatic carbocycles. The van der Waals surface area contributed by atoms with Gasteiger partial charge >= 0.3 is 0 Å². The van der Waals surface area contributed by atoms with Crippen molar-refractivity contribution in [2.75, 3.05) is 13.2 Å². The Labute approximate surface area is 228 Å². The molecule has 8 heteroatoms. The van der Waals surface area contributed by atoms with E-state index in [1.165, 1.54) is 6.92 Å². The second-order valence-corrected chi connectivity index (χ2v) is 11.2. The molecule has 0 radical (unpaired) electrons. The minimum atomic E-state index is -0.862. The van der Waals surface area contributed by atoms with E-state index in [0.717, 1.165) is 18.4 Å². The molecule has 0 spiro atoms. The van der Waals surface area contributed by atoms with Gasteiger partial charge in [-0.3, -0.25) is 14.4 Å². The molecule has 1 fully saturated rings. The first-order valence-electron chi connectivity index (χ1n) is 14.3. The molecule has 8 nitrogen and oxygen atoms in total. The molecule has 0 bridgehead atoms. The van der Waals surface area contributed by atoms with Crippen molar-refractivity contribution in [2.45, 2.75) is 104 Å². The second kappa shape index (κ2) is 16.5. The van der Waals surface area contributed by atoms with E-state index in [1.807, 2.05) is 44.2 Å². The van der Waals surface area contributed by atoms with Gasteiger partial charge in [0.1, 0.15) is 6.04 Å². The Kier molecular flexibility index (Phi) is 13.8. The predicted molar refractivity (Wildman–Crippen MR) is 149 cm³/mol. The summed E-state index contributed by atoms with van der Waals surface area (Å²) in [4.78, 5) is 38.1. The highest BCUT2D eigenvalue weighted by Gasteiger charge is 2.31. The monoisotopic (exact) mass is 531 g/mol. The van der Waals surface area contributed by atoms with Crippen molar-refractivity contribution in [1.82, 2.24) is 16.0 Å². The number of aliphatic hydroxyl groups is 1. The average Bonchev–Trinajstić information content (AvgIpc) is 2.90. The first kappa shape index (κ1) is 31.8. The van der Waals surface area contributed by atoms with Gasteiger partial charge in [0.2, 0.25) is 17.7 Å². The summed E-state index contributed by atoms with van der Waals surface area (Å²) in [5, 5.41) is 20.5. The number of rotatable bonds is 15. The van der Waals surface area contributed by atoms with Crippen LogP contribution in [-0.4, -0.2) is 60.3 Å². The van der Waals surface area contributed by atoms with Crippen molar-refractivity contribution >= 4 is 17.7 Å².